The molecule has 0 aliphatic carbocycles. The highest BCUT2D eigenvalue weighted by molar-refractivity contribution is 6.30. The molecule has 4 rings (SSSR count). The van der Waals surface area contributed by atoms with Crippen LogP contribution in [0.3, 0.4) is 0 Å². The Balaban J connectivity index is 1.52. The molecule has 0 radical (unpaired) electrons. The number of nitriles is 1. The summed E-state index contributed by atoms with van der Waals surface area (Å²) in [4.78, 5) is 12.3. The van der Waals surface area contributed by atoms with Crippen LogP contribution in [0.5, 0.6) is 17.2 Å². The minimum atomic E-state index is -0.588. The number of fused-ring (bicyclic) bond motifs is 1. The summed E-state index contributed by atoms with van der Waals surface area (Å²) in [6.07, 6.45) is 0. The lowest BCUT2D eigenvalue weighted by Gasteiger charge is -2.25. The highest BCUT2D eigenvalue weighted by atomic mass is 35.5. The molecule has 1 aromatic heterocycles. The second kappa shape index (κ2) is 8.69. The van der Waals surface area contributed by atoms with Crippen molar-refractivity contribution in [3.63, 3.8) is 0 Å². The summed E-state index contributed by atoms with van der Waals surface area (Å²) in [6.45, 7) is 3.37. The van der Waals surface area contributed by atoms with Crippen LogP contribution in [-0.4, -0.2) is 12.6 Å². The number of carbonyl (C=O) groups is 1. The van der Waals surface area contributed by atoms with Gasteiger partial charge in [-0.25, -0.2) is 4.79 Å². The van der Waals surface area contributed by atoms with Crippen molar-refractivity contribution in [2.45, 2.75) is 19.8 Å². The Morgan fingerprint density at radius 3 is 2.69 bits per heavy atom. The van der Waals surface area contributed by atoms with Crippen LogP contribution < -0.4 is 19.9 Å². The maximum atomic E-state index is 12.3. The number of esters is 1. The van der Waals surface area contributed by atoms with Crippen molar-refractivity contribution in [3.8, 4) is 23.3 Å². The number of nitrogens with two attached hydrogens (primary N) is 1. The third-order valence-electron chi connectivity index (χ3n) is 4.95. The lowest BCUT2D eigenvalue weighted by Crippen LogP contribution is -2.21. The van der Waals surface area contributed by atoms with Crippen LogP contribution in [0.15, 0.2) is 64.4 Å². The zero-order valence-electron chi connectivity index (χ0n) is 17.3. The molecule has 8 heteroatoms. The normalized spacial score (nSPS) is 14.9. The van der Waals surface area contributed by atoms with Crippen LogP contribution >= 0.6 is 11.6 Å². The Morgan fingerprint density at radius 2 is 2.00 bits per heavy atom. The van der Waals surface area contributed by atoms with Crippen LogP contribution in [-0.2, 0) is 4.79 Å². The van der Waals surface area contributed by atoms with Crippen molar-refractivity contribution in [1.82, 2.24) is 0 Å². The third-order valence-corrected chi connectivity index (χ3v) is 5.19. The predicted octanol–water partition coefficient (Wildman–Crippen LogP) is 4.75. The molecule has 1 atom stereocenters. The minimum Gasteiger partial charge on any atom is -0.482 e. The fourth-order valence-electron chi connectivity index (χ4n) is 3.47. The first-order valence-corrected chi connectivity index (χ1v) is 10.1. The van der Waals surface area contributed by atoms with Gasteiger partial charge in [-0.2, -0.15) is 5.26 Å². The summed E-state index contributed by atoms with van der Waals surface area (Å²) in [5.74, 6) is 1.33. The van der Waals surface area contributed by atoms with Crippen LogP contribution in [0.4, 0.5) is 0 Å². The number of halogens is 1. The Labute approximate surface area is 189 Å². The van der Waals surface area contributed by atoms with Crippen molar-refractivity contribution in [3.05, 3.63) is 87.7 Å². The fourth-order valence-corrected chi connectivity index (χ4v) is 3.70. The van der Waals surface area contributed by atoms with Crippen molar-refractivity contribution in [2.24, 2.45) is 5.73 Å². The van der Waals surface area contributed by atoms with Gasteiger partial charge in [-0.15, -0.1) is 0 Å². The molecule has 162 valence electrons. The number of ether oxygens (including phenoxy) is 3. The molecule has 3 aromatic rings. The van der Waals surface area contributed by atoms with E-state index in [0.29, 0.717) is 33.6 Å². The number of furan rings is 1. The number of carbonyl (C=O) groups excluding carboxylic acids is 1. The van der Waals surface area contributed by atoms with E-state index in [1.165, 1.54) is 0 Å². The molecule has 2 aromatic carbocycles. The maximum absolute atomic E-state index is 12.3. The zero-order valence-corrected chi connectivity index (χ0v) is 18.1. The second-order valence-corrected chi connectivity index (χ2v) is 7.68. The van der Waals surface area contributed by atoms with Gasteiger partial charge in [0.15, 0.2) is 6.61 Å². The van der Waals surface area contributed by atoms with Gasteiger partial charge in [0.25, 0.3) is 0 Å². The highest BCUT2D eigenvalue weighted by Gasteiger charge is 2.33. The van der Waals surface area contributed by atoms with Crippen LogP contribution in [0.2, 0.25) is 5.02 Å². The van der Waals surface area contributed by atoms with Gasteiger partial charge in [-0.05, 0) is 55.8 Å². The Kier molecular flexibility index (Phi) is 5.80. The Hall–Kier alpha value is -3.89. The molecule has 1 aliphatic heterocycles. The van der Waals surface area contributed by atoms with Crippen LogP contribution in [0, 0.1) is 25.2 Å². The maximum Gasteiger partial charge on any atom is 0.349 e. The van der Waals surface area contributed by atoms with E-state index in [-0.39, 0.29) is 23.8 Å². The van der Waals surface area contributed by atoms with Gasteiger partial charge in [0.05, 0.1) is 5.92 Å². The summed E-state index contributed by atoms with van der Waals surface area (Å²) >= 11 is 5.93. The SMILES string of the molecule is Cc1ccc(C2C(C#N)=C(N)Oc3cc(OC(=O)COc4ccc(Cl)cc4C)ccc32)o1. The summed E-state index contributed by atoms with van der Waals surface area (Å²) < 4.78 is 22.3. The van der Waals surface area contributed by atoms with Crippen LogP contribution in [0.1, 0.15) is 28.6 Å². The van der Waals surface area contributed by atoms with Gasteiger partial charge in [-0.3, -0.25) is 0 Å². The fraction of sp³-hybridized carbons (Fsp3) is 0.167. The van der Waals surface area contributed by atoms with Crippen LogP contribution in [0.25, 0.3) is 0 Å². The van der Waals surface area contributed by atoms with Crippen molar-refractivity contribution in [2.75, 3.05) is 6.61 Å². The first-order valence-electron chi connectivity index (χ1n) is 9.73. The van der Waals surface area contributed by atoms with E-state index in [1.54, 1.807) is 42.5 Å². The summed E-state index contributed by atoms with van der Waals surface area (Å²) in [7, 11) is 0. The molecule has 0 saturated carbocycles. The zero-order chi connectivity index (χ0) is 22.8. The lowest BCUT2D eigenvalue weighted by atomic mass is 9.87. The van der Waals surface area contributed by atoms with Crippen molar-refractivity contribution < 1.29 is 23.4 Å². The number of hydrogen-bond acceptors (Lipinski definition) is 7. The molecule has 0 amide bonds. The second-order valence-electron chi connectivity index (χ2n) is 7.25. The van der Waals surface area contributed by atoms with Crippen molar-refractivity contribution >= 4 is 17.6 Å². The third kappa shape index (κ3) is 4.27. The van der Waals surface area contributed by atoms with E-state index in [1.807, 2.05) is 19.9 Å². The van der Waals surface area contributed by atoms with E-state index < -0.39 is 11.9 Å². The summed E-state index contributed by atoms with van der Waals surface area (Å²) in [5.41, 5.74) is 7.72. The largest absolute Gasteiger partial charge is 0.482 e. The first-order chi connectivity index (χ1) is 15.4. The monoisotopic (exact) mass is 450 g/mol. The first kappa shape index (κ1) is 21.3. The van der Waals surface area contributed by atoms with Gasteiger partial charge >= 0.3 is 5.97 Å². The molecule has 32 heavy (non-hydrogen) atoms. The minimum absolute atomic E-state index is 0.0240. The number of rotatable bonds is 5. The number of aryl methyl sites for hydroxylation is 2. The summed E-state index contributed by atoms with van der Waals surface area (Å²) in [5, 5.41) is 10.2. The number of hydrogen-bond donors (Lipinski definition) is 1. The average Bonchev–Trinajstić information content (AvgIpc) is 3.18. The molecular formula is C24H19ClN2O5. The molecule has 7 nitrogen and oxygen atoms in total. The lowest BCUT2D eigenvalue weighted by molar-refractivity contribution is -0.136. The molecule has 0 saturated heterocycles. The van der Waals surface area contributed by atoms with E-state index in [9.17, 15) is 10.1 Å². The van der Waals surface area contributed by atoms with Crippen molar-refractivity contribution in [1.29, 1.82) is 5.26 Å². The van der Waals surface area contributed by atoms with Gasteiger partial charge < -0.3 is 24.4 Å². The number of nitrogens with zero attached hydrogens (tertiary/aromatic N) is 1. The molecule has 1 aliphatic rings. The van der Waals surface area contributed by atoms with E-state index in [0.717, 1.165) is 5.56 Å². The number of benzene rings is 2. The Morgan fingerprint density at radius 1 is 1.19 bits per heavy atom. The molecule has 0 bridgehead atoms. The molecular weight excluding hydrogens is 432 g/mol. The van der Waals surface area contributed by atoms with E-state index in [4.69, 9.17) is 36.0 Å². The molecule has 0 spiro atoms. The molecule has 2 N–H and O–H groups in total. The average molecular weight is 451 g/mol. The van der Waals surface area contributed by atoms with Gasteiger partial charge in [0.1, 0.15) is 40.4 Å². The quantitative estimate of drug-likeness (QED) is 0.441. The van der Waals surface area contributed by atoms with E-state index in [2.05, 4.69) is 6.07 Å². The molecule has 1 unspecified atom stereocenters. The topological polar surface area (TPSA) is 108 Å². The smallest absolute Gasteiger partial charge is 0.349 e. The predicted molar refractivity (Wildman–Crippen MR) is 117 cm³/mol. The van der Waals surface area contributed by atoms with Gasteiger partial charge in [0, 0.05) is 16.7 Å². The van der Waals surface area contributed by atoms with Gasteiger partial charge in [0.2, 0.25) is 5.88 Å². The number of allylic oxidation sites excluding steroid dienone is 1. The highest BCUT2D eigenvalue weighted by Crippen LogP contribution is 2.43. The summed E-state index contributed by atoms with van der Waals surface area (Å²) in [6, 6.07) is 15.7. The Bertz CT molecular complexity index is 1270. The van der Waals surface area contributed by atoms with E-state index >= 15 is 0 Å². The molecule has 2 heterocycles. The standard InChI is InChI=1S/C24H19ClN2O5/c1-13-9-15(25)4-8-19(13)29-12-22(28)31-16-5-6-17-21(10-16)32-24(27)18(11-26)23(17)20-7-3-14(2)30-20/h3-10,23H,12,27H2,1-2H3. The van der Waals surface area contributed by atoms with Gasteiger partial charge in [-0.1, -0.05) is 17.7 Å². The molecule has 0 fully saturated rings.